The fourth-order valence-corrected chi connectivity index (χ4v) is 5.49. The predicted molar refractivity (Wildman–Crippen MR) is 145 cm³/mol. The molecule has 2 aliphatic rings. The van der Waals surface area contributed by atoms with Crippen LogP contribution in [-0.2, 0) is 16.1 Å². The van der Waals surface area contributed by atoms with Gasteiger partial charge in [-0.2, -0.15) is 0 Å². The van der Waals surface area contributed by atoms with E-state index in [1.54, 1.807) is 4.68 Å². The van der Waals surface area contributed by atoms with E-state index >= 15 is 0 Å². The van der Waals surface area contributed by atoms with Crippen LogP contribution in [0.2, 0.25) is 0 Å². The fourth-order valence-electron chi connectivity index (χ4n) is 5.49. The van der Waals surface area contributed by atoms with Crippen molar-refractivity contribution in [2.24, 2.45) is 5.92 Å². The molecule has 2 N–H and O–H groups in total. The lowest BCUT2D eigenvalue weighted by Crippen LogP contribution is -2.20. The Morgan fingerprint density at radius 3 is 2.74 bits per heavy atom. The molecule has 3 aromatic heterocycles. The molecular formula is C29H31N7O3. The van der Waals surface area contributed by atoms with Crippen molar-refractivity contribution in [1.82, 2.24) is 29.9 Å². The van der Waals surface area contributed by atoms with E-state index in [-0.39, 0.29) is 17.9 Å². The number of pyridine rings is 1. The van der Waals surface area contributed by atoms with E-state index < -0.39 is 5.97 Å². The molecular weight excluding hydrogens is 494 g/mol. The van der Waals surface area contributed by atoms with Crippen molar-refractivity contribution in [3.63, 3.8) is 0 Å². The molecule has 0 unspecified atom stereocenters. The van der Waals surface area contributed by atoms with Crippen molar-refractivity contribution >= 4 is 11.9 Å². The molecule has 10 nitrogen and oxygen atoms in total. The Morgan fingerprint density at radius 1 is 1.05 bits per heavy atom. The lowest BCUT2D eigenvalue weighted by atomic mass is 9.92. The molecule has 0 radical (unpaired) electrons. The van der Waals surface area contributed by atoms with E-state index in [0.717, 1.165) is 54.1 Å². The standard InChI is InChI=1S/C29H31N7O3/c1-18-5-2-6-19(13-18)25-14-26(33-29(32-25)31-21-11-12-39-17-21)27-16-36(35-34-27)15-20-7-3-10-24(30-20)22-8-4-9-23(22)28(37)38/h2-3,5-7,10,13-14,16,21-23H,4,8-9,11-12,15,17H2,1H3,(H,37,38)(H,31,32,33)/t21-,22+,23-/m1/s1. The summed E-state index contributed by atoms with van der Waals surface area (Å²) in [7, 11) is 0. The summed E-state index contributed by atoms with van der Waals surface area (Å²) in [6.45, 7) is 3.84. The number of benzene rings is 1. The molecule has 2 fully saturated rings. The molecule has 1 saturated carbocycles. The zero-order valence-corrected chi connectivity index (χ0v) is 21.8. The molecule has 0 amide bonds. The zero-order valence-electron chi connectivity index (χ0n) is 21.8. The second-order valence-electron chi connectivity index (χ2n) is 10.4. The molecule has 39 heavy (non-hydrogen) atoms. The van der Waals surface area contributed by atoms with Crippen LogP contribution in [0.15, 0.2) is 54.7 Å². The highest BCUT2D eigenvalue weighted by molar-refractivity contribution is 5.71. The van der Waals surface area contributed by atoms with Gasteiger partial charge in [-0.3, -0.25) is 9.78 Å². The number of carbonyl (C=O) groups is 1. The number of ether oxygens (including phenoxy) is 1. The normalized spacial score (nSPS) is 20.8. The Balaban J connectivity index is 1.26. The van der Waals surface area contributed by atoms with Gasteiger partial charge in [0.05, 0.1) is 48.4 Å². The van der Waals surface area contributed by atoms with Gasteiger partial charge >= 0.3 is 5.97 Å². The topological polar surface area (TPSA) is 128 Å². The van der Waals surface area contributed by atoms with Gasteiger partial charge in [-0.15, -0.1) is 5.10 Å². The Hall–Kier alpha value is -4.18. The molecule has 0 bridgehead atoms. The quantitative estimate of drug-likeness (QED) is 0.345. The first-order chi connectivity index (χ1) is 19.0. The van der Waals surface area contributed by atoms with Gasteiger partial charge in [-0.1, -0.05) is 41.5 Å². The number of hydrogen-bond donors (Lipinski definition) is 2. The van der Waals surface area contributed by atoms with Crippen LogP contribution in [-0.4, -0.2) is 60.3 Å². The second kappa shape index (κ2) is 10.9. The van der Waals surface area contributed by atoms with Crippen LogP contribution in [0, 0.1) is 12.8 Å². The molecule has 10 heteroatoms. The number of anilines is 1. The van der Waals surface area contributed by atoms with Crippen LogP contribution in [0.4, 0.5) is 5.95 Å². The van der Waals surface area contributed by atoms with Gasteiger partial charge in [-0.05, 0) is 50.5 Å². The number of hydrogen-bond acceptors (Lipinski definition) is 8. The summed E-state index contributed by atoms with van der Waals surface area (Å²) in [5.74, 6) is -0.626. The van der Waals surface area contributed by atoms with Gasteiger partial charge < -0.3 is 15.2 Å². The number of carboxylic acids is 1. The third-order valence-corrected chi connectivity index (χ3v) is 7.47. The van der Waals surface area contributed by atoms with Crippen molar-refractivity contribution < 1.29 is 14.6 Å². The van der Waals surface area contributed by atoms with Crippen molar-refractivity contribution in [2.75, 3.05) is 18.5 Å². The van der Waals surface area contributed by atoms with E-state index in [1.807, 2.05) is 42.6 Å². The van der Waals surface area contributed by atoms with E-state index in [4.69, 9.17) is 19.7 Å². The maximum absolute atomic E-state index is 11.7. The summed E-state index contributed by atoms with van der Waals surface area (Å²) in [6.07, 6.45) is 5.22. The van der Waals surface area contributed by atoms with Crippen LogP contribution in [0.25, 0.3) is 22.6 Å². The largest absolute Gasteiger partial charge is 0.481 e. The SMILES string of the molecule is Cc1cccc(-c2cc(-c3cn(Cc4cccc([C@H]5CCC[C@H]5C(=O)O)n4)nn3)nc(N[C@@H]3CCOC3)n2)c1. The van der Waals surface area contributed by atoms with Crippen LogP contribution >= 0.6 is 0 Å². The number of aryl methyl sites for hydroxylation is 1. The highest BCUT2D eigenvalue weighted by atomic mass is 16.5. The summed E-state index contributed by atoms with van der Waals surface area (Å²) >= 11 is 0. The molecule has 0 spiro atoms. The lowest BCUT2D eigenvalue weighted by molar-refractivity contribution is -0.142. The monoisotopic (exact) mass is 525 g/mol. The van der Waals surface area contributed by atoms with Crippen LogP contribution in [0.1, 0.15) is 48.6 Å². The fraction of sp³-hybridized carbons (Fsp3) is 0.379. The van der Waals surface area contributed by atoms with Crippen LogP contribution < -0.4 is 5.32 Å². The van der Waals surface area contributed by atoms with Gasteiger partial charge in [0.25, 0.3) is 0 Å². The van der Waals surface area contributed by atoms with Crippen molar-refractivity contribution in [1.29, 1.82) is 0 Å². The predicted octanol–water partition coefficient (Wildman–Crippen LogP) is 4.32. The number of carboxylic acid groups (broad SMARTS) is 1. The first-order valence-corrected chi connectivity index (χ1v) is 13.4. The van der Waals surface area contributed by atoms with E-state index in [0.29, 0.717) is 36.9 Å². The highest BCUT2D eigenvalue weighted by Crippen LogP contribution is 2.39. The third kappa shape index (κ3) is 5.65. The van der Waals surface area contributed by atoms with Gasteiger partial charge in [0.1, 0.15) is 5.69 Å². The summed E-state index contributed by atoms with van der Waals surface area (Å²) in [5.41, 5.74) is 5.91. The molecule has 1 aliphatic carbocycles. The van der Waals surface area contributed by atoms with Crippen LogP contribution in [0.5, 0.6) is 0 Å². The first kappa shape index (κ1) is 25.1. The first-order valence-electron chi connectivity index (χ1n) is 13.4. The molecule has 4 aromatic rings. The van der Waals surface area contributed by atoms with Gasteiger partial charge in [0.15, 0.2) is 0 Å². The highest BCUT2D eigenvalue weighted by Gasteiger charge is 2.34. The van der Waals surface area contributed by atoms with Crippen molar-refractivity contribution in [2.45, 2.75) is 51.1 Å². The molecule has 1 saturated heterocycles. The average molecular weight is 526 g/mol. The number of aromatic nitrogens is 6. The number of rotatable bonds is 8. The van der Waals surface area contributed by atoms with Gasteiger partial charge in [0.2, 0.25) is 5.95 Å². The maximum Gasteiger partial charge on any atom is 0.307 e. The lowest BCUT2D eigenvalue weighted by Gasteiger charge is -2.15. The molecule has 3 atom stereocenters. The number of aliphatic carboxylic acids is 1. The number of nitrogens with one attached hydrogen (secondary N) is 1. The Labute approximate surface area is 226 Å². The van der Waals surface area contributed by atoms with E-state index in [1.165, 1.54) is 0 Å². The van der Waals surface area contributed by atoms with Crippen LogP contribution in [0.3, 0.4) is 0 Å². The van der Waals surface area contributed by atoms with Crippen molar-refractivity contribution in [3.05, 3.63) is 71.7 Å². The minimum absolute atomic E-state index is 0.0500. The third-order valence-electron chi connectivity index (χ3n) is 7.47. The molecule has 4 heterocycles. The molecule has 1 aliphatic heterocycles. The average Bonchev–Trinajstić information content (AvgIpc) is 3.71. The van der Waals surface area contributed by atoms with Crippen molar-refractivity contribution in [3.8, 4) is 22.6 Å². The summed E-state index contributed by atoms with van der Waals surface area (Å²) in [4.78, 5) is 26.0. The molecule has 6 rings (SSSR count). The summed E-state index contributed by atoms with van der Waals surface area (Å²) in [5, 5.41) is 21.8. The van der Waals surface area contributed by atoms with Gasteiger partial charge in [-0.25, -0.2) is 14.6 Å². The van der Waals surface area contributed by atoms with E-state index in [9.17, 15) is 9.90 Å². The smallest absolute Gasteiger partial charge is 0.307 e. The minimum Gasteiger partial charge on any atom is -0.481 e. The second-order valence-corrected chi connectivity index (χ2v) is 10.4. The molecule has 200 valence electrons. The Morgan fingerprint density at radius 2 is 1.92 bits per heavy atom. The Kier molecular flexibility index (Phi) is 7.02. The maximum atomic E-state index is 11.7. The summed E-state index contributed by atoms with van der Waals surface area (Å²) in [6, 6.07) is 16.1. The Bertz CT molecular complexity index is 1480. The number of nitrogens with zero attached hydrogens (tertiary/aromatic N) is 6. The summed E-state index contributed by atoms with van der Waals surface area (Å²) < 4.78 is 7.25. The zero-order chi connectivity index (χ0) is 26.8. The van der Waals surface area contributed by atoms with Gasteiger partial charge in [0, 0.05) is 23.8 Å². The van der Waals surface area contributed by atoms with E-state index in [2.05, 4.69) is 34.7 Å². The molecule has 1 aromatic carbocycles. The minimum atomic E-state index is -0.741.